The zero-order valence-electron chi connectivity index (χ0n) is 15.7. The number of rotatable bonds is 5. The Morgan fingerprint density at radius 2 is 1.57 bits per heavy atom. The third-order valence-corrected chi connectivity index (χ3v) is 4.65. The van der Waals surface area contributed by atoms with E-state index >= 15 is 0 Å². The fourth-order valence-corrected chi connectivity index (χ4v) is 3.30. The Hall–Kier alpha value is -4.32. The molecule has 0 amide bonds. The molecule has 0 aromatic heterocycles. The molecule has 1 N–H and O–H groups in total. The summed E-state index contributed by atoms with van der Waals surface area (Å²) in [5, 5.41) is 16.8. The highest BCUT2D eigenvalue weighted by atomic mass is 16.4. The van der Waals surface area contributed by atoms with Crippen LogP contribution in [0.2, 0.25) is 0 Å². The van der Waals surface area contributed by atoms with E-state index in [1.54, 1.807) is 60.7 Å². The van der Waals surface area contributed by atoms with Crippen molar-refractivity contribution in [2.45, 2.75) is 12.8 Å². The number of hydrogen-bond acceptors (Lipinski definition) is 4. The Labute approximate surface area is 171 Å². The van der Waals surface area contributed by atoms with E-state index in [0.29, 0.717) is 33.6 Å². The molecule has 9 nitrogen and oxygen atoms in total. The zero-order valence-corrected chi connectivity index (χ0v) is 15.7. The van der Waals surface area contributed by atoms with Gasteiger partial charge in [0, 0.05) is 27.6 Å². The Kier molecular flexibility index (Phi) is 6.29. The lowest BCUT2D eigenvalue weighted by molar-refractivity contribution is -0.140. The number of benzene rings is 2. The molecule has 30 heavy (non-hydrogen) atoms. The second-order valence-corrected chi connectivity index (χ2v) is 6.65. The summed E-state index contributed by atoms with van der Waals surface area (Å²) in [5.74, 6) is -2.04. The highest BCUT2D eigenvalue weighted by molar-refractivity contribution is 6.04. The summed E-state index contributed by atoms with van der Waals surface area (Å²) < 4.78 is 0. The van der Waals surface area contributed by atoms with Gasteiger partial charge in [0.2, 0.25) is 0 Å². The molecule has 1 saturated carbocycles. The molecule has 2 aromatic rings. The van der Waals surface area contributed by atoms with Crippen LogP contribution in [0.15, 0.2) is 69.9 Å². The summed E-state index contributed by atoms with van der Waals surface area (Å²) >= 11 is 0. The summed E-state index contributed by atoms with van der Waals surface area (Å²) in [6, 6.07) is 13.4. The van der Waals surface area contributed by atoms with Gasteiger partial charge in [-0.05, 0) is 58.0 Å². The molecule has 1 fully saturated rings. The summed E-state index contributed by atoms with van der Waals surface area (Å²) in [6.07, 6.45) is 3.33. The van der Waals surface area contributed by atoms with Gasteiger partial charge < -0.3 is 5.11 Å². The fraction of sp³-hybridized carbons (Fsp3) is 0.143. The number of ketones is 1. The van der Waals surface area contributed by atoms with Crippen LogP contribution in [0.5, 0.6) is 0 Å². The number of nitrogens with zero attached hydrogens (tertiary/aromatic N) is 6. The smallest absolute Gasteiger partial charge is 0.310 e. The fourth-order valence-electron chi connectivity index (χ4n) is 3.30. The maximum Gasteiger partial charge on any atom is 0.310 e. The minimum atomic E-state index is -1.02. The second-order valence-electron chi connectivity index (χ2n) is 6.65. The van der Waals surface area contributed by atoms with Gasteiger partial charge in [0.15, 0.2) is 5.78 Å². The molecule has 0 spiro atoms. The predicted molar refractivity (Wildman–Crippen MR) is 112 cm³/mol. The quantitative estimate of drug-likeness (QED) is 0.279. The molecular formula is C21H16N6O3. The van der Waals surface area contributed by atoms with E-state index in [4.69, 9.17) is 11.1 Å². The summed E-state index contributed by atoms with van der Waals surface area (Å²) in [5.41, 5.74) is 20.1. The number of carbonyl (C=O) groups excluding carboxylic acids is 1. The maximum absolute atomic E-state index is 12.7. The Balaban J connectivity index is 1.93. The first-order chi connectivity index (χ1) is 14.5. The second kappa shape index (κ2) is 9.25. The van der Waals surface area contributed by atoms with Crippen LogP contribution in [-0.4, -0.2) is 16.9 Å². The Morgan fingerprint density at radius 1 is 1.00 bits per heavy atom. The minimum absolute atomic E-state index is 0.0232. The molecular weight excluding hydrogens is 384 g/mol. The van der Waals surface area contributed by atoms with Crippen molar-refractivity contribution >= 4 is 35.3 Å². The molecule has 0 radical (unpaired) electrons. The average molecular weight is 400 g/mol. The van der Waals surface area contributed by atoms with Crippen molar-refractivity contribution < 1.29 is 14.7 Å². The monoisotopic (exact) mass is 400 g/mol. The molecule has 9 heteroatoms. The van der Waals surface area contributed by atoms with Crippen molar-refractivity contribution in [3.63, 3.8) is 0 Å². The van der Waals surface area contributed by atoms with Gasteiger partial charge in [-0.3, -0.25) is 9.59 Å². The number of aliphatic carboxylic acids is 1. The normalized spacial score (nSPS) is 18.5. The van der Waals surface area contributed by atoms with E-state index in [9.17, 15) is 14.7 Å². The molecule has 1 aliphatic rings. The molecule has 0 aliphatic heterocycles. The number of Topliss-reactive ketones (excluding diaryl/α,β-unsaturated/α-hetero) is 1. The summed E-state index contributed by atoms with van der Waals surface area (Å²) in [4.78, 5) is 30.0. The topological polar surface area (TPSA) is 152 Å². The van der Waals surface area contributed by atoms with E-state index < -0.39 is 11.9 Å². The SMILES string of the molecule is [N-]=[N+]=Nc1cccc(C=C2CC(C(=O)O)C(=Cc3cccc(N=[N+]=[N-])c3)CC2=O)c1. The Bertz CT molecular complexity index is 1170. The number of azide groups is 2. The van der Waals surface area contributed by atoms with Crippen LogP contribution in [0, 0.1) is 5.92 Å². The van der Waals surface area contributed by atoms with Crippen LogP contribution >= 0.6 is 0 Å². The number of carboxylic acid groups (broad SMARTS) is 1. The highest BCUT2D eigenvalue weighted by Gasteiger charge is 2.32. The average Bonchev–Trinajstić information content (AvgIpc) is 2.71. The maximum atomic E-state index is 12.7. The molecule has 0 saturated heterocycles. The van der Waals surface area contributed by atoms with Crippen LogP contribution < -0.4 is 0 Å². The van der Waals surface area contributed by atoms with Crippen molar-refractivity contribution in [1.29, 1.82) is 0 Å². The molecule has 2 aromatic carbocycles. The van der Waals surface area contributed by atoms with E-state index in [1.165, 1.54) is 0 Å². The van der Waals surface area contributed by atoms with Crippen LogP contribution in [0.3, 0.4) is 0 Å². The highest BCUT2D eigenvalue weighted by Crippen LogP contribution is 2.34. The molecule has 1 aliphatic carbocycles. The van der Waals surface area contributed by atoms with Crippen LogP contribution in [0.4, 0.5) is 11.4 Å². The van der Waals surface area contributed by atoms with Crippen molar-refractivity contribution in [3.8, 4) is 0 Å². The van der Waals surface area contributed by atoms with Gasteiger partial charge in [0.1, 0.15) is 0 Å². The molecule has 0 bridgehead atoms. The standard InChI is InChI=1S/C21H16N6O3/c22-26-24-17-5-1-3-13(9-17)7-15-12-20(28)16(11-19(15)21(29)30)8-14-4-2-6-18(10-14)25-27-23/h1-10,19H,11-12H2,(H,29,30). The molecule has 148 valence electrons. The first-order valence-corrected chi connectivity index (χ1v) is 8.97. The lowest BCUT2D eigenvalue weighted by Crippen LogP contribution is -2.26. The van der Waals surface area contributed by atoms with Gasteiger partial charge in [-0.25, -0.2) is 0 Å². The first kappa shape index (κ1) is 20.4. The van der Waals surface area contributed by atoms with Gasteiger partial charge in [0.25, 0.3) is 0 Å². The van der Waals surface area contributed by atoms with Crippen molar-refractivity contribution in [1.82, 2.24) is 0 Å². The number of carbonyl (C=O) groups is 2. The molecule has 0 heterocycles. The molecule has 1 atom stereocenters. The van der Waals surface area contributed by atoms with Gasteiger partial charge >= 0.3 is 5.97 Å². The summed E-state index contributed by atoms with van der Waals surface area (Å²) in [7, 11) is 0. The minimum Gasteiger partial charge on any atom is -0.481 e. The van der Waals surface area contributed by atoms with E-state index in [1.807, 2.05) is 0 Å². The van der Waals surface area contributed by atoms with Crippen LogP contribution in [0.1, 0.15) is 24.0 Å². The summed E-state index contributed by atoms with van der Waals surface area (Å²) in [6.45, 7) is 0. The van der Waals surface area contributed by atoms with E-state index in [-0.39, 0.29) is 18.6 Å². The van der Waals surface area contributed by atoms with Crippen molar-refractivity contribution in [3.05, 3.63) is 91.7 Å². The number of allylic oxidation sites excluding steroid dienone is 1. The predicted octanol–water partition coefficient (Wildman–Crippen LogP) is 6.10. The van der Waals surface area contributed by atoms with Gasteiger partial charge in [-0.2, -0.15) is 0 Å². The lowest BCUT2D eigenvalue weighted by Gasteiger charge is -2.24. The Morgan fingerprint density at radius 3 is 2.10 bits per heavy atom. The molecule has 1 unspecified atom stereocenters. The number of hydrogen-bond donors (Lipinski definition) is 1. The third-order valence-electron chi connectivity index (χ3n) is 4.65. The van der Waals surface area contributed by atoms with Crippen molar-refractivity contribution in [2.75, 3.05) is 0 Å². The first-order valence-electron chi connectivity index (χ1n) is 8.97. The largest absolute Gasteiger partial charge is 0.481 e. The van der Waals surface area contributed by atoms with Gasteiger partial charge in [-0.1, -0.05) is 52.7 Å². The van der Waals surface area contributed by atoms with Gasteiger partial charge in [0.05, 0.1) is 5.92 Å². The number of carboxylic acids is 1. The zero-order chi connectivity index (χ0) is 21.5. The van der Waals surface area contributed by atoms with Crippen molar-refractivity contribution in [2.24, 2.45) is 16.1 Å². The third kappa shape index (κ3) is 4.94. The van der Waals surface area contributed by atoms with Gasteiger partial charge in [-0.15, -0.1) is 0 Å². The lowest BCUT2D eigenvalue weighted by atomic mass is 9.79. The van der Waals surface area contributed by atoms with Crippen LogP contribution in [-0.2, 0) is 9.59 Å². The molecule has 3 rings (SSSR count). The van der Waals surface area contributed by atoms with E-state index in [2.05, 4.69) is 20.1 Å². The van der Waals surface area contributed by atoms with E-state index in [0.717, 1.165) is 0 Å². The van der Waals surface area contributed by atoms with Crippen LogP contribution in [0.25, 0.3) is 33.0 Å².